The van der Waals surface area contributed by atoms with E-state index in [1.54, 1.807) is 18.2 Å². The molecule has 3 heteroatoms. The Morgan fingerprint density at radius 3 is 2.41 bits per heavy atom. The Labute approximate surface area is 159 Å². The molecule has 0 spiro atoms. The summed E-state index contributed by atoms with van der Waals surface area (Å²) in [7, 11) is 1.29. The number of methoxy groups -OCH3 is 1. The molecule has 0 heterocycles. The lowest BCUT2D eigenvalue weighted by molar-refractivity contribution is 0.0597. The van der Waals surface area contributed by atoms with Gasteiger partial charge in [0.25, 0.3) is 0 Å². The van der Waals surface area contributed by atoms with Gasteiger partial charge < -0.3 is 9.84 Å². The maximum atomic E-state index is 11.6. The third-order valence-electron chi connectivity index (χ3n) is 4.46. The summed E-state index contributed by atoms with van der Waals surface area (Å²) < 4.78 is 4.65. The average Bonchev–Trinajstić information content (AvgIpc) is 2.71. The van der Waals surface area contributed by atoms with E-state index >= 15 is 0 Å². The van der Waals surface area contributed by atoms with Gasteiger partial charge in [0.05, 0.1) is 7.11 Å². The van der Waals surface area contributed by atoms with Gasteiger partial charge in [0.1, 0.15) is 11.3 Å². The minimum atomic E-state index is -0.547. The number of aromatic hydroxyl groups is 1. The number of benzene rings is 3. The number of esters is 1. The van der Waals surface area contributed by atoms with E-state index in [4.69, 9.17) is 0 Å². The van der Waals surface area contributed by atoms with E-state index < -0.39 is 5.97 Å². The van der Waals surface area contributed by atoms with Gasteiger partial charge in [-0.2, -0.15) is 0 Å². The van der Waals surface area contributed by atoms with Crippen LogP contribution in [0.2, 0.25) is 0 Å². The van der Waals surface area contributed by atoms with Gasteiger partial charge in [0.2, 0.25) is 0 Å². The monoisotopic (exact) mass is 358 g/mol. The first-order valence-corrected chi connectivity index (χ1v) is 8.88. The number of carbonyl (C=O) groups excluding carboxylic acids is 1. The maximum Gasteiger partial charge on any atom is 0.341 e. The van der Waals surface area contributed by atoms with Gasteiger partial charge in [-0.05, 0) is 47.2 Å². The molecule has 3 rings (SSSR count). The first-order chi connectivity index (χ1) is 13.2. The van der Waals surface area contributed by atoms with Gasteiger partial charge in [-0.3, -0.25) is 0 Å². The Morgan fingerprint density at radius 1 is 0.926 bits per heavy atom. The first kappa shape index (κ1) is 18.5. The van der Waals surface area contributed by atoms with Crippen molar-refractivity contribution in [1.82, 2.24) is 0 Å². The highest BCUT2D eigenvalue weighted by Gasteiger charge is 2.10. The molecule has 0 atom stereocenters. The predicted octanol–water partition coefficient (Wildman–Crippen LogP) is 5.13. The second-order valence-electron chi connectivity index (χ2n) is 6.29. The Kier molecular flexibility index (Phi) is 6.06. The lowest BCUT2D eigenvalue weighted by atomic mass is 9.99. The number of aryl methyl sites for hydroxylation is 2. The average molecular weight is 358 g/mol. The fourth-order valence-corrected chi connectivity index (χ4v) is 2.97. The fourth-order valence-electron chi connectivity index (χ4n) is 2.97. The van der Waals surface area contributed by atoms with Crippen LogP contribution in [0.25, 0.3) is 12.2 Å². The number of hydrogen-bond donors (Lipinski definition) is 1. The topological polar surface area (TPSA) is 46.5 Å². The molecule has 0 aliphatic rings. The lowest BCUT2D eigenvalue weighted by Crippen LogP contribution is -2.01. The SMILES string of the molecule is COC(=O)c1ccc(C=Cc2ccccc2CCc2ccccc2)cc1O. The van der Waals surface area contributed by atoms with Crippen molar-refractivity contribution in [1.29, 1.82) is 0 Å². The van der Waals surface area contributed by atoms with E-state index in [0.29, 0.717) is 0 Å². The van der Waals surface area contributed by atoms with Crippen LogP contribution in [0.5, 0.6) is 5.75 Å². The van der Waals surface area contributed by atoms with Crippen LogP contribution in [-0.2, 0) is 17.6 Å². The van der Waals surface area contributed by atoms with E-state index in [-0.39, 0.29) is 11.3 Å². The molecule has 136 valence electrons. The summed E-state index contributed by atoms with van der Waals surface area (Å²) in [5.74, 6) is -0.629. The summed E-state index contributed by atoms with van der Waals surface area (Å²) in [5, 5.41) is 10.0. The van der Waals surface area contributed by atoms with Crippen molar-refractivity contribution in [2.75, 3.05) is 7.11 Å². The molecule has 0 radical (unpaired) electrons. The molecule has 0 saturated heterocycles. The predicted molar refractivity (Wildman–Crippen MR) is 109 cm³/mol. The molecule has 0 unspecified atom stereocenters. The van der Waals surface area contributed by atoms with Crippen LogP contribution < -0.4 is 0 Å². The van der Waals surface area contributed by atoms with E-state index in [1.807, 2.05) is 24.3 Å². The maximum absolute atomic E-state index is 11.6. The standard InChI is InChI=1S/C24H22O3/c1-27-24(26)22-16-13-19(17-23(22)25)12-15-21-10-6-5-9-20(21)14-11-18-7-3-2-4-8-18/h2-10,12-13,15-17,25H,11,14H2,1H3. The molecule has 27 heavy (non-hydrogen) atoms. The second kappa shape index (κ2) is 8.86. The van der Waals surface area contributed by atoms with Crippen molar-refractivity contribution in [3.8, 4) is 5.75 Å². The molecule has 0 amide bonds. The normalized spacial score (nSPS) is 10.9. The Balaban J connectivity index is 1.75. The van der Waals surface area contributed by atoms with Gasteiger partial charge in [-0.15, -0.1) is 0 Å². The number of hydrogen-bond acceptors (Lipinski definition) is 3. The van der Waals surface area contributed by atoms with Crippen molar-refractivity contribution < 1.29 is 14.6 Å². The Hall–Kier alpha value is -3.33. The molecular weight excluding hydrogens is 336 g/mol. The van der Waals surface area contributed by atoms with Crippen molar-refractivity contribution in [3.05, 3.63) is 101 Å². The smallest absolute Gasteiger partial charge is 0.341 e. The molecule has 3 aromatic carbocycles. The summed E-state index contributed by atoms with van der Waals surface area (Å²) in [5.41, 5.74) is 4.72. The van der Waals surface area contributed by atoms with Crippen molar-refractivity contribution in [2.45, 2.75) is 12.8 Å². The van der Waals surface area contributed by atoms with E-state index in [1.165, 1.54) is 18.2 Å². The second-order valence-corrected chi connectivity index (χ2v) is 6.29. The zero-order valence-corrected chi connectivity index (χ0v) is 15.3. The highest BCUT2D eigenvalue weighted by molar-refractivity contribution is 5.92. The first-order valence-electron chi connectivity index (χ1n) is 8.88. The summed E-state index contributed by atoms with van der Waals surface area (Å²) >= 11 is 0. The van der Waals surface area contributed by atoms with Gasteiger partial charge in [0.15, 0.2) is 0 Å². The molecule has 0 aliphatic carbocycles. The van der Waals surface area contributed by atoms with E-state index in [9.17, 15) is 9.90 Å². The van der Waals surface area contributed by atoms with Crippen LogP contribution in [0.15, 0.2) is 72.8 Å². The summed E-state index contributed by atoms with van der Waals surface area (Å²) in [6.07, 6.45) is 5.91. The van der Waals surface area contributed by atoms with Gasteiger partial charge in [-0.25, -0.2) is 4.79 Å². The van der Waals surface area contributed by atoms with Crippen LogP contribution in [0.1, 0.15) is 32.6 Å². The minimum Gasteiger partial charge on any atom is -0.507 e. The van der Waals surface area contributed by atoms with Crippen LogP contribution in [0.4, 0.5) is 0 Å². The third kappa shape index (κ3) is 4.85. The largest absolute Gasteiger partial charge is 0.507 e. The Bertz CT molecular complexity index is 943. The fraction of sp³-hybridized carbons (Fsp3) is 0.125. The molecule has 0 aromatic heterocycles. The van der Waals surface area contributed by atoms with E-state index in [0.717, 1.165) is 24.0 Å². The third-order valence-corrected chi connectivity index (χ3v) is 4.46. The number of phenols is 1. The van der Waals surface area contributed by atoms with E-state index in [2.05, 4.69) is 47.2 Å². The molecule has 0 bridgehead atoms. The number of rotatable bonds is 6. The number of ether oxygens (including phenoxy) is 1. The van der Waals surface area contributed by atoms with Crippen LogP contribution in [-0.4, -0.2) is 18.2 Å². The summed E-state index contributed by atoms with van der Waals surface area (Å²) in [6.45, 7) is 0. The molecule has 0 aliphatic heterocycles. The van der Waals surface area contributed by atoms with Gasteiger partial charge >= 0.3 is 5.97 Å². The highest BCUT2D eigenvalue weighted by Crippen LogP contribution is 2.22. The highest BCUT2D eigenvalue weighted by atomic mass is 16.5. The zero-order valence-electron chi connectivity index (χ0n) is 15.3. The van der Waals surface area contributed by atoms with Crippen LogP contribution in [0.3, 0.4) is 0 Å². The lowest BCUT2D eigenvalue weighted by Gasteiger charge is -2.07. The molecule has 3 aromatic rings. The van der Waals surface area contributed by atoms with Gasteiger partial charge in [0, 0.05) is 0 Å². The molecule has 0 fully saturated rings. The van der Waals surface area contributed by atoms with Crippen molar-refractivity contribution in [3.63, 3.8) is 0 Å². The molecular formula is C24H22O3. The number of carbonyl (C=O) groups is 1. The zero-order chi connectivity index (χ0) is 19.1. The van der Waals surface area contributed by atoms with Crippen LogP contribution in [0, 0.1) is 0 Å². The van der Waals surface area contributed by atoms with Crippen LogP contribution >= 0.6 is 0 Å². The summed E-state index contributed by atoms with van der Waals surface area (Å²) in [6, 6.07) is 23.6. The summed E-state index contributed by atoms with van der Waals surface area (Å²) in [4.78, 5) is 11.6. The van der Waals surface area contributed by atoms with Crippen molar-refractivity contribution in [2.24, 2.45) is 0 Å². The number of phenolic OH excluding ortho intramolecular Hbond substituents is 1. The van der Waals surface area contributed by atoms with Crippen molar-refractivity contribution >= 4 is 18.1 Å². The molecule has 0 saturated carbocycles. The Morgan fingerprint density at radius 2 is 1.67 bits per heavy atom. The van der Waals surface area contributed by atoms with Gasteiger partial charge in [-0.1, -0.05) is 72.8 Å². The minimum absolute atomic E-state index is 0.0821. The quantitative estimate of drug-likeness (QED) is 0.490. The molecule has 3 nitrogen and oxygen atoms in total. The molecule has 1 N–H and O–H groups in total.